The third-order valence-corrected chi connectivity index (χ3v) is 7.49. The van der Waals surface area contributed by atoms with Gasteiger partial charge in [-0.2, -0.15) is 0 Å². The summed E-state index contributed by atoms with van der Waals surface area (Å²) < 4.78 is 49.4. The highest BCUT2D eigenvalue weighted by molar-refractivity contribution is 5.47. The third kappa shape index (κ3) is 6.20. The molecule has 4 heteroatoms. The maximum atomic E-state index is 14.9. The molecule has 4 atom stereocenters. The van der Waals surface area contributed by atoms with Crippen LogP contribution in [-0.2, 0) is 0 Å². The van der Waals surface area contributed by atoms with Crippen LogP contribution in [0.5, 0.6) is 5.75 Å². The Morgan fingerprint density at radius 1 is 0.857 bits per heavy atom. The molecule has 2 aromatic carbocycles. The summed E-state index contributed by atoms with van der Waals surface area (Å²) in [5, 5.41) is 0. The van der Waals surface area contributed by atoms with Crippen LogP contribution in [0, 0.1) is 47.0 Å². The van der Waals surface area contributed by atoms with Gasteiger partial charge >= 0.3 is 0 Å². The first-order valence-electron chi connectivity index (χ1n) is 12.7. The highest BCUT2D eigenvalue weighted by Gasteiger charge is 2.35. The molecule has 4 unspecified atom stereocenters. The first kappa shape index (κ1) is 25.2. The molecule has 0 saturated heterocycles. The molecule has 35 heavy (non-hydrogen) atoms. The normalized spacial score (nSPS) is 24.3. The van der Waals surface area contributed by atoms with Gasteiger partial charge in [-0.25, -0.2) is 13.2 Å². The maximum Gasteiger partial charge on any atom is 0.166 e. The van der Waals surface area contributed by atoms with E-state index < -0.39 is 17.5 Å². The van der Waals surface area contributed by atoms with Crippen LogP contribution in [0.4, 0.5) is 13.2 Å². The number of ether oxygens (including phenoxy) is 1. The molecule has 0 aliphatic heterocycles. The minimum Gasteiger partial charge on any atom is -0.486 e. The van der Waals surface area contributed by atoms with Crippen molar-refractivity contribution in [3.63, 3.8) is 0 Å². The Morgan fingerprint density at radius 3 is 2.31 bits per heavy atom. The van der Waals surface area contributed by atoms with E-state index in [-0.39, 0.29) is 23.8 Å². The molecule has 184 valence electrons. The van der Waals surface area contributed by atoms with Crippen molar-refractivity contribution in [2.45, 2.75) is 58.3 Å². The van der Waals surface area contributed by atoms with Gasteiger partial charge in [-0.1, -0.05) is 36.1 Å². The number of halogens is 3. The van der Waals surface area contributed by atoms with Gasteiger partial charge in [-0.15, -0.1) is 0 Å². The highest BCUT2D eigenvalue weighted by atomic mass is 19.1. The second-order valence-corrected chi connectivity index (χ2v) is 9.76. The van der Waals surface area contributed by atoms with Gasteiger partial charge in [-0.3, -0.25) is 0 Å². The summed E-state index contributed by atoms with van der Waals surface area (Å²) in [5.74, 6) is 5.72. The van der Waals surface area contributed by atoms with Crippen LogP contribution in [0.1, 0.15) is 75.0 Å². The molecule has 0 N–H and O–H groups in total. The van der Waals surface area contributed by atoms with Gasteiger partial charge in [0.15, 0.2) is 11.6 Å². The Labute approximate surface area is 207 Å². The SMILES string of the molecule is C/C=C/COc1ccc(C#Cc2c(F)cc(C3CCC4CC(/C=C/C)CCC4C3)cc2F)cc1F. The average molecular weight is 479 g/mol. The summed E-state index contributed by atoms with van der Waals surface area (Å²) in [5.41, 5.74) is 0.784. The lowest BCUT2D eigenvalue weighted by atomic mass is 9.64. The van der Waals surface area contributed by atoms with E-state index in [1.807, 2.05) is 13.0 Å². The lowest BCUT2D eigenvalue weighted by Crippen LogP contribution is -2.30. The monoisotopic (exact) mass is 478 g/mol. The van der Waals surface area contributed by atoms with Crippen LogP contribution < -0.4 is 4.74 Å². The van der Waals surface area contributed by atoms with Gasteiger partial charge in [0.05, 0.1) is 5.56 Å². The molecule has 2 aliphatic carbocycles. The molecule has 0 amide bonds. The van der Waals surface area contributed by atoms with Gasteiger partial charge in [0, 0.05) is 5.56 Å². The Balaban J connectivity index is 1.45. The van der Waals surface area contributed by atoms with Crippen molar-refractivity contribution in [2.24, 2.45) is 17.8 Å². The molecule has 2 aliphatic rings. The first-order valence-corrected chi connectivity index (χ1v) is 12.7. The van der Waals surface area contributed by atoms with Crippen LogP contribution in [0.15, 0.2) is 54.6 Å². The molecule has 2 saturated carbocycles. The zero-order valence-electron chi connectivity index (χ0n) is 20.5. The molecular formula is C31H33F3O. The summed E-state index contributed by atoms with van der Waals surface area (Å²) in [6, 6.07) is 7.16. The molecule has 0 heterocycles. The minimum atomic E-state index is -0.654. The summed E-state index contributed by atoms with van der Waals surface area (Å²) in [7, 11) is 0. The Morgan fingerprint density at radius 2 is 1.60 bits per heavy atom. The van der Waals surface area contributed by atoms with Crippen molar-refractivity contribution >= 4 is 0 Å². The average Bonchev–Trinajstić information content (AvgIpc) is 2.84. The first-order chi connectivity index (χ1) is 17.0. The van der Waals surface area contributed by atoms with E-state index in [0.29, 0.717) is 17.4 Å². The minimum absolute atomic E-state index is 0.111. The fourth-order valence-electron chi connectivity index (χ4n) is 5.69. The third-order valence-electron chi connectivity index (χ3n) is 7.49. The molecule has 0 bridgehead atoms. The number of allylic oxidation sites excluding steroid dienone is 3. The van der Waals surface area contributed by atoms with Crippen molar-refractivity contribution in [3.8, 4) is 17.6 Å². The predicted molar refractivity (Wildman–Crippen MR) is 135 cm³/mol. The molecule has 0 radical (unpaired) electrons. The van der Waals surface area contributed by atoms with Crippen LogP contribution in [-0.4, -0.2) is 6.61 Å². The Bertz CT molecular complexity index is 1130. The highest BCUT2D eigenvalue weighted by Crippen LogP contribution is 2.48. The van der Waals surface area contributed by atoms with E-state index in [4.69, 9.17) is 4.74 Å². The van der Waals surface area contributed by atoms with Gasteiger partial charge in [-0.05, 0) is 112 Å². The zero-order chi connectivity index (χ0) is 24.8. The van der Waals surface area contributed by atoms with Crippen LogP contribution in [0.3, 0.4) is 0 Å². The standard InChI is InChI=1S/C31H33F3O/c1-3-5-15-35-31-14-9-22(17-30(31)34)8-13-27-28(32)19-26(20-29(27)33)25-12-11-23-16-21(6-4-2)7-10-24(23)18-25/h3-6,9,14,17,19-21,23-25H,7,10-12,15-16,18H2,1-2H3/b5-3+,6-4+. The molecule has 4 rings (SSSR count). The largest absolute Gasteiger partial charge is 0.486 e. The predicted octanol–water partition coefficient (Wildman–Crippen LogP) is 8.33. The van der Waals surface area contributed by atoms with Crippen molar-refractivity contribution < 1.29 is 17.9 Å². The van der Waals surface area contributed by atoms with Gasteiger partial charge in [0.2, 0.25) is 0 Å². The smallest absolute Gasteiger partial charge is 0.166 e. The van der Waals surface area contributed by atoms with E-state index in [1.54, 1.807) is 12.1 Å². The molecule has 0 aromatic heterocycles. The van der Waals surface area contributed by atoms with E-state index in [9.17, 15) is 13.2 Å². The summed E-state index contributed by atoms with van der Waals surface area (Å²) in [6.45, 7) is 4.20. The number of benzene rings is 2. The van der Waals surface area contributed by atoms with Gasteiger partial charge < -0.3 is 4.74 Å². The Kier molecular flexibility index (Phi) is 8.39. The van der Waals surface area contributed by atoms with E-state index in [1.165, 1.54) is 43.5 Å². The Hall–Kier alpha value is -2.93. The second-order valence-electron chi connectivity index (χ2n) is 9.76. The lowest BCUT2D eigenvalue weighted by Gasteiger charge is -2.41. The van der Waals surface area contributed by atoms with Gasteiger partial charge in [0.1, 0.15) is 18.2 Å². The van der Waals surface area contributed by atoms with Gasteiger partial charge in [0.25, 0.3) is 0 Å². The quantitative estimate of drug-likeness (QED) is 0.310. The zero-order valence-corrected chi connectivity index (χ0v) is 20.5. The number of hydrogen-bond donors (Lipinski definition) is 0. The molecule has 2 aromatic rings. The summed E-state index contributed by atoms with van der Waals surface area (Å²) in [4.78, 5) is 0. The lowest BCUT2D eigenvalue weighted by molar-refractivity contribution is 0.133. The number of hydrogen-bond acceptors (Lipinski definition) is 1. The summed E-state index contributed by atoms with van der Waals surface area (Å²) in [6.07, 6.45) is 14.8. The van der Waals surface area contributed by atoms with Crippen molar-refractivity contribution in [1.82, 2.24) is 0 Å². The number of rotatable bonds is 5. The van der Waals surface area contributed by atoms with E-state index in [2.05, 4.69) is 30.9 Å². The fraction of sp³-hybridized carbons (Fsp3) is 0.419. The van der Waals surface area contributed by atoms with Crippen molar-refractivity contribution in [3.05, 3.63) is 88.8 Å². The molecule has 0 spiro atoms. The van der Waals surface area contributed by atoms with E-state index in [0.717, 1.165) is 30.7 Å². The summed E-state index contributed by atoms with van der Waals surface area (Å²) >= 11 is 0. The van der Waals surface area contributed by atoms with Crippen LogP contribution in [0.25, 0.3) is 0 Å². The fourth-order valence-corrected chi connectivity index (χ4v) is 5.69. The van der Waals surface area contributed by atoms with Crippen LogP contribution in [0.2, 0.25) is 0 Å². The van der Waals surface area contributed by atoms with Crippen LogP contribution >= 0.6 is 0 Å². The molecule has 1 nitrogen and oxygen atoms in total. The van der Waals surface area contributed by atoms with Crippen molar-refractivity contribution in [2.75, 3.05) is 6.61 Å². The molecule has 2 fully saturated rings. The topological polar surface area (TPSA) is 9.23 Å². The van der Waals surface area contributed by atoms with E-state index >= 15 is 0 Å². The maximum absolute atomic E-state index is 14.9. The van der Waals surface area contributed by atoms with Crippen molar-refractivity contribution in [1.29, 1.82) is 0 Å². The number of fused-ring (bicyclic) bond motifs is 1. The second kappa shape index (κ2) is 11.7. The molecular weight excluding hydrogens is 445 g/mol.